The molecule has 0 aliphatic rings. The summed E-state index contributed by atoms with van der Waals surface area (Å²) in [5.74, 6) is -0.0636. The molecule has 0 radical (unpaired) electrons. The molecule has 9 heteroatoms. The first kappa shape index (κ1) is 14.3. The lowest BCUT2D eigenvalue weighted by Gasteiger charge is -2.09. The van der Waals surface area contributed by atoms with E-state index in [0.717, 1.165) is 6.26 Å². The Hall–Kier alpha value is -2.16. The summed E-state index contributed by atoms with van der Waals surface area (Å²) in [6.07, 6.45) is 1.14. The van der Waals surface area contributed by atoms with Gasteiger partial charge in [-0.2, -0.15) is 4.98 Å². The van der Waals surface area contributed by atoms with Crippen molar-refractivity contribution in [1.29, 1.82) is 0 Å². The van der Waals surface area contributed by atoms with Crippen molar-refractivity contribution in [2.75, 3.05) is 17.3 Å². The topological polar surface area (TPSA) is 115 Å². The molecule has 1 aromatic carbocycles. The highest BCUT2D eigenvalue weighted by Gasteiger charge is 2.15. The highest BCUT2D eigenvalue weighted by atomic mass is 32.2. The van der Waals surface area contributed by atoms with Crippen LogP contribution in [0.25, 0.3) is 11.1 Å². The number of non-ortho nitro benzene ring substituents is 1. The molecule has 8 nitrogen and oxygen atoms in total. The number of oxazole rings is 1. The van der Waals surface area contributed by atoms with E-state index in [1.807, 2.05) is 0 Å². The van der Waals surface area contributed by atoms with Crippen molar-refractivity contribution in [2.24, 2.45) is 0 Å². The molecular formula is C11H13N3O5S. The fourth-order valence-corrected chi connectivity index (χ4v) is 2.79. The number of nitrogens with zero attached hydrogens (tertiary/aromatic N) is 2. The van der Waals surface area contributed by atoms with E-state index in [4.69, 9.17) is 4.42 Å². The van der Waals surface area contributed by atoms with Crippen LogP contribution in [0, 0.1) is 10.1 Å². The normalized spacial score (nSPS) is 13.3. The quantitative estimate of drug-likeness (QED) is 0.658. The summed E-state index contributed by atoms with van der Waals surface area (Å²) in [7, 11) is -3.11. The summed E-state index contributed by atoms with van der Waals surface area (Å²) in [6.45, 7) is 1.68. The Kier molecular flexibility index (Phi) is 3.62. The summed E-state index contributed by atoms with van der Waals surface area (Å²) >= 11 is 0. The second kappa shape index (κ2) is 5.08. The maximum absolute atomic E-state index is 11.2. The molecule has 2 aromatic rings. The van der Waals surface area contributed by atoms with E-state index in [9.17, 15) is 18.5 Å². The number of nitro groups is 1. The number of nitrogens with one attached hydrogen (secondary N) is 1. The van der Waals surface area contributed by atoms with Crippen LogP contribution in [0.5, 0.6) is 0 Å². The molecule has 1 aromatic heterocycles. The second-order valence-corrected chi connectivity index (χ2v) is 6.75. The lowest BCUT2D eigenvalue weighted by Crippen LogP contribution is -2.25. The van der Waals surface area contributed by atoms with Crippen LogP contribution >= 0.6 is 0 Å². The molecule has 2 rings (SSSR count). The van der Waals surface area contributed by atoms with Crippen molar-refractivity contribution >= 4 is 32.6 Å². The monoisotopic (exact) mass is 299 g/mol. The van der Waals surface area contributed by atoms with Crippen LogP contribution in [0.3, 0.4) is 0 Å². The van der Waals surface area contributed by atoms with E-state index in [1.54, 1.807) is 6.92 Å². The minimum Gasteiger partial charge on any atom is -0.424 e. The predicted molar refractivity (Wildman–Crippen MR) is 73.5 cm³/mol. The number of hydrogen-bond donors (Lipinski definition) is 1. The predicted octanol–water partition coefficient (Wildman–Crippen LogP) is 1.58. The third-order valence-electron chi connectivity index (χ3n) is 2.50. The molecule has 0 saturated heterocycles. The number of hydrogen-bond acceptors (Lipinski definition) is 7. The SMILES string of the molecule is CC(CS(C)(=O)=O)Nc1nc2cc([N+](=O)[O-])ccc2o1. The zero-order chi connectivity index (χ0) is 14.9. The lowest BCUT2D eigenvalue weighted by atomic mass is 10.3. The van der Waals surface area contributed by atoms with Gasteiger partial charge in [0, 0.05) is 24.4 Å². The van der Waals surface area contributed by atoms with Crippen molar-refractivity contribution in [3.63, 3.8) is 0 Å². The van der Waals surface area contributed by atoms with E-state index in [1.165, 1.54) is 18.2 Å². The largest absolute Gasteiger partial charge is 0.424 e. The summed E-state index contributed by atoms with van der Waals surface area (Å²) in [5, 5.41) is 13.5. The van der Waals surface area contributed by atoms with Crippen LogP contribution < -0.4 is 5.32 Å². The third kappa shape index (κ3) is 3.44. The zero-order valence-corrected chi connectivity index (χ0v) is 11.7. The van der Waals surface area contributed by atoms with Gasteiger partial charge in [-0.3, -0.25) is 10.1 Å². The summed E-state index contributed by atoms with van der Waals surface area (Å²) < 4.78 is 27.7. The minimum absolute atomic E-state index is 0.0636. The summed E-state index contributed by atoms with van der Waals surface area (Å²) in [6, 6.07) is 3.82. The standard InChI is InChI=1S/C11H13N3O5S/c1-7(6-20(2,17)18)12-11-13-9-5-8(14(15)16)3-4-10(9)19-11/h3-5,7H,6H2,1-2H3,(H,12,13). The number of nitro benzene ring substituents is 1. The summed E-state index contributed by atoms with van der Waals surface area (Å²) in [4.78, 5) is 14.2. The fraction of sp³-hybridized carbons (Fsp3) is 0.364. The van der Waals surface area contributed by atoms with Gasteiger partial charge in [0.15, 0.2) is 5.58 Å². The molecule has 0 fully saturated rings. The average molecular weight is 299 g/mol. The molecule has 1 atom stereocenters. The average Bonchev–Trinajstić information content (AvgIpc) is 2.66. The van der Waals surface area contributed by atoms with Crippen LogP contribution in [-0.4, -0.2) is 36.4 Å². The van der Waals surface area contributed by atoms with Gasteiger partial charge >= 0.3 is 0 Å². The maximum Gasteiger partial charge on any atom is 0.295 e. The Bertz CT molecular complexity index is 753. The van der Waals surface area contributed by atoms with Crippen molar-refractivity contribution < 1.29 is 17.8 Å². The smallest absolute Gasteiger partial charge is 0.295 e. The Balaban J connectivity index is 2.21. The zero-order valence-electron chi connectivity index (χ0n) is 10.9. The first-order valence-electron chi connectivity index (χ1n) is 5.74. The van der Waals surface area contributed by atoms with Crippen molar-refractivity contribution in [2.45, 2.75) is 13.0 Å². The van der Waals surface area contributed by atoms with Gasteiger partial charge < -0.3 is 9.73 Å². The maximum atomic E-state index is 11.2. The minimum atomic E-state index is -3.11. The number of benzene rings is 1. The van der Waals surface area contributed by atoms with E-state index in [0.29, 0.717) is 11.1 Å². The molecule has 1 unspecified atom stereocenters. The first-order valence-corrected chi connectivity index (χ1v) is 7.80. The molecule has 0 spiro atoms. The number of fused-ring (bicyclic) bond motifs is 1. The van der Waals surface area contributed by atoms with E-state index >= 15 is 0 Å². The van der Waals surface area contributed by atoms with Gasteiger partial charge in [0.2, 0.25) is 0 Å². The highest BCUT2D eigenvalue weighted by Crippen LogP contribution is 2.23. The van der Waals surface area contributed by atoms with E-state index < -0.39 is 14.8 Å². The first-order chi connectivity index (χ1) is 9.24. The molecule has 108 valence electrons. The number of anilines is 1. The van der Waals surface area contributed by atoms with Gasteiger partial charge in [0.25, 0.3) is 11.7 Å². The van der Waals surface area contributed by atoms with Gasteiger partial charge in [0.1, 0.15) is 15.4 Å². The van der Waals surface area contributed by atoms with E-state index in [-0.39, 0.29) is 23.5 Å². The molecule has 0 aliphatic carbocycles. The molecule has 0 aliphatic heterocycles. The Morgan fingerprint density at radius 3 is 2.80 bits per heavy atom. The number of rotatable bonds is 5. The number of sulfone groups is 1. The van der Waals surface area contributed by atoms with Crippen LogP contribution in [0.1, 0.15) is 6.92 Å². The second-order valence-electron chi connectivity index (χ2n) is 4.57. The van der Waals surface area contributed by atoms with Crippen LogP contribution in [0.4, 0.5) is 11.7 Å². The fourth-order valence-electron chi connectivity index (χ4n) is 1.80. The lowest BCUT2D eigenvalue weighted by molar-refractivity contribution is -0.384. The van der Waals surface area contributed by atoms with Crippen LogP contribution in [-0.2, 0) is 9.84 Å². The van der Waals surface area contributed by atoms with Gasteiger partial charge in [-0.25, -0.2) is 8.42 Å². The Morgan fingerprint density at radius 2 is 2.20 bits per heavy atom. The molecule has 1 N–H and O–H groups in total. The molecule has 1 heterocycles. The molecule has 0 saturated carbocycles. The highest BCUT2D eigenvalue weighted by molar-refractivity contribution is 7.90. The molecular weight excluding hydrogens is 286 g/mol. The number of aromatic nitrogens is 1. The van der Waals surface area contributed by atoms with Gasteiger partial charge in [-0.1, -0.05) is 0 Å². The third-order valence-corrected chi connectivity index (χ3v) is 3.61. The van der Waals surface area contributed by atoms with Crippen LogP contribution in [0.15, 0.2) is 22.6 Å². The van der Waals surface area contributed by atoms with Crippen molar-refractivity contribution in [3.05, 3.63) is 28.3 Å². The van der Waals surface area contributed by atoms with Gasteiger partial charge in [-0.15, -0.1) is 0 Å². The van der Waals surface area contributed by atoms with Gasteiger partial charge in [0.05, 0.1) is 10.7 Å². The Morgan fingerprint density at radius 1 is 1.50 bits per heavy atom. The van der Waals surface area contributed by atoms with E-state index in [2.05, 4.69) is 10.3 Å². The van der Waals surface area contributed by atoms with Crippen molar-refractivity contribution in [3.8, 4) is 0 Å². The molecule has 20 heavy (non-hydrogen) atoms. The van der Waals surface area contributed by atoms with Crippen molar-refractivity contribution in [1.82, 2.24) is 4.98 Å². The van der Waals surface area contributed by atoms with Crippen LogP contribution in [0.2, 0.25) is 0 Å². The van der Waals surface area contributed by atoms with Gasteiger partial charge in [-0.05, 0) is 13.0 Å². The Labute approximate surface area is 114 Å². The molecule has 0 amide bonds. The summed E-state index contributed by atoms with van der Waals surface area (Å²) in [5.41, 5.74) is 0.652. The molecule has 0 bridgehead atoms.